The number of hydrogen-bond donors (Lipinski definition) is 0. The fourth-order valence-electron chi connectivity index (χ4n) is 5.57. The first-order valence-corrected chi connectivity index (χ1v) is 15.6. The molecule has 1 saturated heterocycles. The van der Waals surface area contributed by atoms with Crippen molar-refractivity contribution in [1.29, 1.82) is 0 Å². The number of carbonyl (C=O) groups excluding carboxylic acids is 2. The smallest absolute Gasteiger partial charge is 0.412 e. The second kappa shape index (κ2) is 11.8. The third kappa shape index (κ3) is 6.89. The summed E-state index contributed by atoms with van der Waals surface area (Å²) in [5.41, 5.74) is -0.706. The van der Waals surface area contributed by atoms with Gasteiger partial charge in [0.1, 0.15) is 17.6 Å². The Morgan fingerprint density at radius 2 is 1.49 bits per heavy atom. The molecule has 1 amide bonds. The summed E-state index contributed by atoms with van der Waals surface area (Å²) in [6.45, 7) is 18.2. The summed E-state index contributed by atoms with van der Waals surface area (Å²) in [5.74, 6) is 0. The van der Waals surface area contributed by atoms with Crippen molar-refractivity contribution in [3.63, 3.8) is 0 Å². The van der Waals surface area contributed by atoms with Crippen LogP contribution in [0.3, 0.4) is 0 Å². The minimum Gasteiger partial charge on any atom is -0.444 e. The van der Waals surface area contributed by atoms with Crippen LogP contribution in [0, 0.1) is 0 Å². The van der Waals surface area contributed by atoms with E-state index in [1.807, 2.05) is 53.7 Å². The molecule has 6 nitrogen and oxygen atoms in total. The number of carbonyl (C=O) groups is 2. The maximum atomic E-state index is 13.6. The van der Waals surface area contributed by atoms with Crippen molar-refractivity contribution in [2.45, 2.75) is 97.2 Å². The van der Waals surface area contributed by atoms with Crippen molar-refractivity contribution in [3.8, 4) is 0 Å². The Bertz CT molecular complexity index is 1110. The van der Waals surface area contributed by atoms with Gasteiger partial charge in [-0.05, 0) is 69.5 Å². The Balaban J connectivity index is 2.12. The predicted molar refractivity (Wildman–Crippen MR) is 159 cm³/mol. The molecule has 0 saturated carbocycles. The van der Waals surface area contributed by atoms with Crippen LogP contribution in [0.5, 0.6) is 0 Å². The molecule has 2 atom stereocenters. The quantitative estimate of drug-likeness (QED) is 0.234. The number of amides is 1. The van der Waals surface area contributed by atoms with E-state index < -0.39 is 31.8 Å². The van der Waals surface area contributed by atoms with Gasteiger partial charge >= 0.3 is 6.09 Å². The van der Waals surface area contributed by atoms with Crippen LogP contribution >= 0.6 is 0 Å². The number of benzene rings is 2. The molecule has 7 heteroatoms. The number of aldehydes is 1. The highest BCUT2D eigenvalue weighted by Crippen LogP contribution is 2.40. The Hall–Kier alpha value is -2.74. The average Bonchev–Trinajstić information content (AvgIpc) is 3.08. The fraction of sp³-hybridized carbons (Fsp3) is 0.500. The van der Waals surface area contributed by atoms with Crippen LogP contribution in [0.4, 0.5) is 4.79 Å². The lowest BCUT2D eigenvalue weighted by molar-refractivity contribution is -0.104. The second-order valence-corrected chi connectivity index (χ2v) is 17.2. The van der Waals surface area contributed by atoms with Gasteiger partial charge in [-0.3, -0.25) is 9.69 Å². The molecule has 0 aromatic heterocycles. The summed E-state index contributed by atoms with van der Waals surface area (Å²) < 4.78 is 19.6. The summed E-state index contributed by atoms with van der Waals surface area (Å²) in [7, 11) is -2.86. The lowest BCUT2D eigenvalue weighted by atomic mass is 10.0. The molecule has 0 spiro atoms. The molecule has 1 fully saturated rings. The standard InChI is InChI=1S/C32H45NO5Si/c1-24(20-21-34)22-28-27(33(32(8,9)37-28)29(35)38-30(2,3)4)23-36-39(31(5,6)7,25-16-12-10-13-17-25)26-18-14-11-15-19-26/h10-21,27-28H,22-23H2,1-9H3/b24-20+/t27-,28-/m0/s1. The van der Waals surface area contributed by atoms with E-state index in [-0.39, 0.29) is 17.7 Å². The van der Waals surface area contributed by atoms with Gasteiger partial charge in [0.2, 0.25) is 0 Å². The molecular weight excluding hydrogens is 506 g/mol. The first kappa shape index (κ1) is 30.8. The van der Waals surface area contributed by atoms with E-state index in [1.54, 1.807) is 11.0 Å². The molecule has 3 rings (SSSR count). The molecule has 212 valence electrons. The molecule has 39 heavy (non-hydrogen) atoms. The monoisotopic (exact) mass is 551 g/mol. The lowest BCUT2D eigenvalue weighted by Crippen LogP contribution is -2.67. The van der Waals surface area contributed by atoms with Gasteiger partial charge in [0.25, 0.3) is 8.32 Å². The van der Waals surface area contributed by atoms with Gasteiger partial charge in [0, 0.05) is 0 Å². The van der Waals surface area contributed by atoms with Crippen LogP contribution in [0.2, 0.25) is 5.04 Å². The van der Waals surface area contributed by atoms with E-state index in [4.69, 9.17) is 13.9 Å². The van der Waals surface area contributed by atoms with Gasteiger partial charge in [-0.1, -0.05) is 87.0 Å². The van der Waals surface area contributed by atoms with Crippen LogP contribution in [0.15, 0.2) is 72.3 Å². The second-order valence-electron chi connectivity index (χ2n) is 12.8. The number of allylic oxidation sites excluding steroid dienone is 1. The Kier molecular flexibility index (Phi) is 9.30. The highest BCUT2D eigenvalue weighted by atomic mass is 28.4. The largest absolute Gasteiger partial charge is 0.444 e. The summed E-state index contributed by atoms with van der Waals surface area (Å²) in [6, 6.07) is 20.4. The minimum atomic E-state index is -2.86. The van der Waals surface area contributed by atoms with E-state index in [0.717, 1.165) is 11.9 Å². The molecule has 0 N–H and O–H groups in total. The molecular formula is C32H45NO5Si. The minimum absolute atomic E-state index is 0.218. The molecule has 1 aliphatic rings. The summed E-state index contributed by atoms with van der Waals surface area (Å²) >= 11 is 0. The van der Waals surface area contributed by atoms with Gasteiger partial charge in [0.05, 0.1) is 18.8 Å². The molecule has 1 heterocycles. The van der Waals surface area contributed by atoms with Crippen molar-refractivity contribution < 1.29 is 23.5 Å². The maximum absolute atomic E-state index is 13.6. The third-order valence-electron chi connectivity index (χ3n) is 7.13. The number of ether oxygens (including phenoxy) is 2. The Morgan fingerprint density at radius 3 is 1.92 bits per heavy atom. The van der Waals surface area contributed by atoms with E-state index in [9.17, 15) is 9.59 Å². The molecule has 2 aromatic carbocycles. The lowest BCUT2D eigenvalue weighted by Gasteiger charge is -2.44. The third-order valence-corrected chi connectivity index (χ3v) is 12.1. The molecule has 0 unspecified atom stereocenters. The summed E-state index contributed by atoms with van der Waals surface area (Å²) in [6.07, 6.45) is 2.02. The maximum Gasteiger partial charge on any atom is 0.412 e. The van der Waals surface area contributed by atoms with E-state index >= 15 is 0 Å². The summed E-state index contributed by atoms with van der Waals surface area (Å²) in [5, 5.41) is 2.11. The van der Waals surface area contributed by atoms with Crippen LogP contribution in [-0.4, -0.2) is 55.7 Å². The Morgan fingerprint density at radius 1 is 0.974 bits per heavy atom. The van der Waals surface area contributed by atoms with Gasteiger partial charge < -0.3 is 13.9 Å². The molecule has 2 aromatic rings. The van der Waals surface area contributed by atoms with Gasteiger partial charge in [-0.2, -0.15) is 0 Å². The molecule has 0 bridgehead atoms. The fourth-order valence-corrected chi connectivity index (χ4v) is 10.1. The van der Waals surface area contributed by atoms with Crippen molar-refractivity contribution >= 4 is 31.1 Å². The summed E-state index contributed by atoms with van der Waals surface area (Å²) in [4.78, 5) is 26.5. The predicted octanol–water partition coefficient (Wildman–Crippen LogP) is 5.84. The number of hydrogen-bond acceptors (Lipinski definition) is 5. The van der Waals surface area contributed by atoms with E-state index in [0.29, 0.717) is 6.42 Å². The molecule has 1 aliphatic heterocycles. The van der Waals surface area contributed by atoms with Crippen LogP contribution < -0.4 is 10.4 Å². The first-order valence-electron chi connectivity index (χ1n) is 13.7. The normalized spacial score (nSPS) is 20.1. The number of nitrogens with zero attached hydrogens (tertiary/aromatic N) is 1. The van der Waals surface area contributed by atoms with Crippen molar-refractivity contribution in [2.24, 2.45) is 0 Å². The highest BCUT2D eigenvalue weighted by Gasteiger charge is 2.55. The van der Waals surface area contributed by atoms with Crippen LogP contribution in [-0.2, 0) is 18.7 Å². The topological polar surface area (TPSA) is 65.1 Å². The van der Waals surface area contributed by atoms with Gasteiger partial charge in [0.15, 0.2) is 0 Å². The molecule has 0 aliphatic carbocycles. The zero-order valence-electron chi connectivity index (χ0n) is 25.0. The SMILES string of the molecule is C/C(=C\C=O)C[C@@H]1OC(C)(C)N(C(=O)OC(C)(C)C)[C@H]1CO[Si](c1ccccc1)(c1ccccc1)C(C)(C)C. The van der Waals surface area contributed by atoms with E-state index in [2.05, 4.69) is 69.3 Å². The van der Waals surface area contributed by atoms with E-state index in [1.165, 1.54) is 10.4 Å². The zero-order chi connectivity index (χ0) is 29.1. The first-order chi connectivity index (χ1) is 18.1. The van der Waals surface area contributed by atoms with Crippen molar-refractivity contribution in [2.75, 3.05) is 6.61 Å². The van der Waals surface area contributed by atoms with Gasteiger partial charge in [-0.15, -0.1) is 0 Å². The highest BCUT2D eigenvalue weighted by molar-refractivity contribution is 6.99. The average molecular weight is 552 g/mol. The van der Waals surface area contributed by atoms with Crippen molar-refractivity contribution in [3.05, 3.63) is 72.3 Å². The van der Waals surface area contributed by atoms with Gasteiger partial charge in [-0.25, -0.2) is 4.79 Å². The molecule has 0 radical (unpaired) electrons. The number of rotatable bonds is 8. The van der Waals surface area contributed by atoms with Crippen LogP contribution in [0.1, 0.15) is 68.7 Å². The Labute approximate surface area is 235 Å². The zero-order valence-corrected chi connectivity index (χ0v) is 26.0. The van der Waals surface area contributed by atoms with Crippen molar-refractivity contribution in [1.82, 2.24) is 4.90 Å². The van der Waals surface area contributed by atoms with Crippen LogP contribution in [0.25, 0.3) is 0 Å².